The van der Waals surface area contributed by atoms with Gasteiger partial charge in [0, 0.05) is 30.6 Å². The van der Waals surface area contributed by atoms with Crippen molar-refractivity contribution in [3.05, 3.63) is 40.3 Å². The van der Waals surface area contributed by atoms with Crippen molar-refractivity contribution in [1.29, 1.82) is 5.41 Å². The Morgan fingerprint density at radius 1 is 0.914 bits per heavy atom. The van der Waals surface area contributed by atoms with Gasteiger partial charge in [0.2, 0.25) is 0 Å². The van der Waals surface area contributed by atoms with Gasteiger partial charge >= 0.3 is 5.97 Å². The monoisotopic (exact) mass is 476 g/mol. The average molecular weight is 477 g/mol. The molecule has 4 aliphatic rings. The fraction of sp³-hybridized carbons (Fsp3) is 0.643. The normalized spacial score (nSPS) is 32.6. The van der Waals surface area contributed by atoms with Crippen molar-refractivity contribution in [2.24, 2.45) is 11.8 Å². The van der Waals surface area contributed by atoms with E-state index < -0.39 is 5.97 Å². The molecule has 7 nitrogen and oxygen atoms in total. The van der Waals surface area contributed by atoms with Crippen LogP contribution in [0.25, 0.3) is 11.0 Å². The summed E-state index contributed by atoms with van der Waals surface area (Å²) in [5.41, 5.74) is 1.43. The van der Waals surface area contributed by atoms with Gasteiger partial charge in [-0.2, -0.15) is 0 Å². The van der Waals surface area contributed by atoms with E-state index in [2.05, 4.69) is 9.88 Å². The van der Waals surface area contributed by atoms with E-state index in [1.54, 1.807) is 0 Å². The molecule has 186 valence electrons. The van der Waals surface area contributed by atoms with Gasteiger partial charge in [0.05, 0.1) is 23.2 Å². The highest BCUT2D eigenvalue weighted by Gasteiger charge is 2.47. The van der Waals surface area contributed by atoms with Crippen LogP contribution >= 0.6 is 0 Å². The number of hydrogen-bond acceptors (Lipinski definition) is 5. The molecule has 6 rings (SSSR count). The third kappa shape index (κ3) is 4.22. The lowest BCUT2D eigenvalue weighted by Gasteiger charge is -2.49. The predicted octanol–water partition coefficient (Wildman–Crippen LogP) is 4.77. The maximum absolute atomic E-state index is 13.7. The number of aliphatic carboxylic acids is 1. The first-order valence-corrected chi connectivity index (χ1v) is 13.6. The number of benzene rings is 1. The molecule has 1 aromatic heterocycles. The molecule has 0 radical (unpaired) electrons. The summed E-state index contributed by atoms with van der Waals surface area (Å²) >= 11 is 0. The van der Waals surface area contributed by atoms with Crippen LogP contribution in [0.15, 0.2) is 29.1 Å². The van der Waals surface area contributed by atoms with Crippen LogP contribution in [0.2, 0.25) is 0 Å². The van der Waals surface area contributed by atoms with Crippen LogP contribution in [0, 0.1) is 17.2 Å². The van der Waals surface area contributed by atoms with E-state index in [9.17, 15) is 9.59 Å². The largest absolute Gasteiger partial charge is 0.481 e. The number of rotatable bonds is 6. The Morgan fingerprint density at radius 3 is 2.29 bits per heavy atom. The van der Waals surface area contributed by atoms with Crippen molar-refractivity contribution in [3.8, 4) is 0 Å². The van der Waals surface area contributed by atoms with Gasteiger partial charge in [0.1, 0.15) is 5.69 Å². The molecule has 3 heterocycles. The fourth-order valence-electron chi connectivity index (χ4n) is 7.99. The van der Waals surface area contributed by atoms with Crippen LogP contribution in [0.3, 0.4) is 0 Å². The average Bonchev–Trinajstić information content (AvgIpc) is 3.11. The molecule has 2 aliphatic heterocycles. The number of carboxylic acid groups (broad SMARTS) is 1. The maximum Gasteiger partial charge on any atom is 0.303 e. The number of carbonyl (C=O) groups is 1. The number of hydrogen-bond donors (Lipinski definition) is 2. The minimum atomic E-state index is -0.966. The summed E-state index contributed by atoms with van der Waals surface area (Å²) in [6, 6.07) is 9.56. The molecule has 0 amide bonds. The molecular weight excluding hydrogens is 440 g/mol. The Bertz CT molecular complexity index is 1180. The van der Waals surface area contributed by atoms with Gasteiger partial charge in [-0.15, -0.1) is 0 Å². The lowest BCUT2D eigenvalue weighted by atomic mass is 9.69. The van der Waals surface area contributed by atoms with Gasteiger partial charge in [-0.3, -0.25) is 14.5 Å². The van der Waals surface area contributed by atoms with Crippen LogP contribution in [0.4, 0.5) is 0 Å². The Morgan fingerprint density at radius 2 is 1.60 bits per heavy atom. The summed E-state index contributed by atoms with van der Waals surface area (Å²) in [5.74, 6) is 0.859. The van der Waals surface area contributed by atoms with Crippen LogP contribution in [0.5, 0.6) is 0 Å². The lowest BCUT2D eigenvalue weighted by Crippen LogP contribution is -2.52. The summed E-state index contributed by atoms with van der Waals surface area (Å²) in [7, 11) is 0. The van der Waals surface area contributed by atoms with Crippen molar-refractivity contribution >= 4 is 22.7 Å². The van der Waals surface area contributed by atoms with Crippen LogP contribution in [-0.4, -0.2) is 49.4 Å². The SMILES string of the molecule is N=C(CCC(=O)O)c1nc2ccccc2n(C2C[C@H]3CC[C@@H](C2)N3C2CC3CCCC(C3)C2)c1=O. The zero-order valence-electron chi connectivity index (χ0n) is 20.4. The number of nitrogens with one attached hydrogen (secondary N) is 1. The van der Waals surface area contributed by atoms with Gasteiger partial charge < -0.3 is 15.1 Å². The third-order valence-electron chi connectivity index (χ3n) is 9.32. The highest BCUT2D eigenvalue weighted by molar-refractivity contribution is 5.98. The molecule has 2 aromatic rings. The molecular formula is C28H36N4O3. The molecule has 0 spiro atoms. The number of nitrogens with zero attached hydrogens (tertiary/aromatic N) is 3. The fourth-order valence-corrected chi connectivity index (χ4v) is 7.99. The Balaban J connectivity index is 1.30. The molecule has 5 atom stereocenters. The number of carboxylic acids is 1. The summed E-state index contributed by atoms with van der Waals surface area (Å²) in [6.45, 7) is 0. The second kappa shape index (κ2) is 9.16. The maximum atomic E-state index is 13.7. The van der Waals surface area contributed by atoms with E-state index in [1.165, 1.54) is 51.4 Å². The quantitative estimate of drug-likeness (QED) is 0.585. The van der Waals surface area contributed by atoms with E-state index in [0.29, 0.717) is 23.6 Å². The van der Waals surface area contributed by atoms with E-state index in [-0.39, 0.29) is 35.8 Å². The van der Waals surface area contributed by atoms with Crippen molar-refractivity contribution in [2.75, 3.05) is 0 Å². The number of para-hydroxylation sites is 2. The molecule has 35 heavy (non-hydrogen) atoms. The van der Waals surface area contributed by atoms with E-state index >= 15 is 0 Å². The van der Waals surface area contributed by atoms with Gasteiger partial charge in [0.25, 0.3) is 5.56 Å². The first-order chi connectivity index (χ1) is 17.0. The second-order valence-electron chi connectivity index (χ2n) is 11.5. The highest BCUT2D eigenvalue weighted by atomic mass is 16.4. The highest BCUT2D eigenvalue weighted by Crippen LogP contribution is 2.48. The van der Waals surface area contributed by atoms with E-state index in [0.717, 1.165) is 30.2 Å². The summed E-state index contributed by atoms with van der Waals surface area (Å²) in [6.07, 6.45) is 12.6. The van der Waals surface area contributed by atoms with Gasteiger partial charge in [-0.25, -0.2) is 4.98 Å². The number of aromatic nitrogens is 2. The summed E-state index contributed by atoms with van der Waals surface area (Å²) in [5, 5.41) is 17.5. The standard InChI is InChI=1S/C28H36N4O3/c29-23(10-11-26(33)34)27-28(35)32(25-7-2-1-6-24(25)30-27)22-15-19-8-9-20(16-22)31(19)21-13-17-4-3-5-18(12-17)14-21/h1-2,6-7,17-22,29H,3-5,8-16H2,(H,33,34)/t17?,18?,19-,20+,21?,22?. The molecule has 4 bridgehead atoms. The van der Waals surface area contributed by atoms with Crippen LogP contribution in [0.1, 0.15) is 88.8 Å². The lowest BCUT2D eigenvalue weighted by molar-refractivity contribution is -0.136. The Labute approximate surface area is 206 Å². The second-order valence-corrected chi connectivity index (χ2v) is 11.5. The molecule has 2 aliphatic carbocycles. The van der Waals surface area contributed by atoms with Gasteiger partial charge in [-0.05, 0) is 68.9 Å². The number of piperidine rings is 1. The molecule has 1 aromatic carbocycles. The Hall–Kier alpha value is -2.54. The molecule has 7 heteroatoms. The number of fused-ring (bicyclic) bond motifs is 5. The van der Waals surface area contributed by atoms with E-state index in [1.807, 2.05) is 28.8 Å². The van der Waals surface area contributed by atoms with E-state index in [4.69, 9.17) is 10.5 Å². The first-order valence-electron chi connectivity index (χ1n) is 13.6. The van der Waals surface area contributed by atoms with Crippen molar-refractivity contribution in [3.63, 3.8) is 0 Å². The van der Waals surface area contributed by atoms with Gasteiger partial charge in [-0.1, -0.05) is 31.4 Å². The predicted molar refractivity (Wildman–Crippen MR) is 135 cm³/mol. The van der Waals surface area contributed by atoms with Crippen LogP contribution < -0.4 is 5.56 Å². The molecule has 2 N–H and O–H groups in total. The van der Waals surface area contributed by atoms with Crippen molar-refractivity contribution in [1.82, 2.24) is 14.5 Å². The Kier molecular flexibility index (Phi) is 5.99. The topological polar surface area (TPSA) is 99.3 Å². The molecule has 2 saturated heterocycles. The van der Waals surface area contributed by atoms with Crippen LogP contribution in [-0.2, 0) is 4.79 Å². The van der Waals surface area contributed by atoms with Gasteiger partial charge in [0.15, 0.2) is 0 Å². The summed E-state index contributed by atoms with van der Waals surface area (Å²) in [4.78, 5) is 32.1. The molecule has 2 saturated carbocycles. The molecule has 3 unspecified atom stereocenters. The molecule has 4 fully saturated rings. The minimum absolute atomic E-state index is 0.0175. The first kappa shape index (κ1) is 22.9. The summed E-state index contributed by atoms with van der Waals surface area (Å²) < 4.78 is 1.91. The zero-order valence-corrected chi connectivity index (χ0v) is 20.4. The zero-order chi connectivity index (χ0) is 24.1. The van der Waals surface area contributed by atoms with Crippen molar-refractivity contribution < 1.29 is 9.90 Å². The smallest absolute Gasteiger partial charge is 0.303 e. The van der Waals surface area contributed by atoms with Crippen molar-refractivity contribution in [2.45, 2.75) is 101 Å². The third-order valence-corrected chi connectivity index (χ3v) is 9.32. The minimum Gasteiger partial charge on any atom is -0.481 e.